The molecule has 0 aliphatic heterocycles. The molecule has 0 aromatic heterocycles. The minimum Gasteiger partial charge on any atom is -0.340 e. The van der Waals surface area contributed by atoms with Gasteiger partial charge in [0, 0.05) is 13.6 Å². The molecule has 1 aromatic rings. The molecule has 1 rings (SSSR count). The predicted molar refractivity (Wildman–Crippen MR) is 77.5 cm³/mol. The Balaban J connectivity index is 0.00000400. The highest BCUT2D eigenvalue weighted by molar-refractivity contribution is 5.85. The van der Waals surface area contributed by atoms with Gasteiger partial charge < -0.3 is 10.6 Å². The molecule has 7 heteroatoms. The molecule has 1 amide bonds. The summed E-state index contributed by atoms with van der Waals surface area (Å²) in [6, 6.07) is 1.08. The summed E-state index contributed by atoms with van der Waals surface area (Å²) in [6.45, 7) is 3.74. The van der Waals surface area contributed by atoms with Crippen LogP contribution in [0.1, 0.15) is 25.8 Å². The molecule has 3 nitrogen and oxygen atoms in total. The van der Waals surface area contributed by atoms with Gasteiger partial charge in [-0.2, -0.15) is 0 Å². The molecule has 2 N–H and O–H groups in total. The van der Waals surface area contributed by atoms with Crippen LogP contribution in [0.2, 0.25) is 0 Å². The Bertz CT molecular complexity index is 476. The van der Waals surface area contributed by atoms with Gasteiger partial charge in [0.1, 0.15) is 0 Å². The van der Waals surface area contributed by atoms with Gasteiger partial charge in [-0.1, -0.05) is 20.3 Å². The van der Waals surface area contributed by atoms with Gasteiger partial charge in [-0.05, 0) is 23.6 Å². The van der Waals surface area contributed by atoms with E-state index >= 15 is 0 Å². The van der Waals surface area contributed by atoms with Crippen molar-refractivity contribution in [3.8, 4) is 0 Å². The van der Waals surface area contributed by atoms with Gasteiger partial charge in [-0.3, -0.25) is 4.79 Å². The lowest BCUT2D eigenvalue weighted by Crippen LogP contribution is -2.45. The lowest BCUT2D eigenvalue weighted by Gasteiger charge is -2.24. The molecule has 0 saturated carbocycles. The maximum Gasteiger partial charge on any atom is 0.239 e. The zero-order chi connectivity index (χ0) is 15.4. The van der Waals surface area contributed by atoms with Crippen molar-refractivity contribution in [2.24, 2.45) is 11.7 Å². The molecule has 120 valence electrons. The van der Waals surface area contributed by atoms with Crippen LogP contribution < -0.4 is 5.73 Å². The van der Waals surface area contributed by atoms with E-state index in [9.17, 15) is 18.0 Å². The molecule has 0 bridgehead atoms. The average Bonchev–Trinajstić information content (AvgIpc) is 2.41. The number of hydrogen-bond donors (Lipinski definition) is 1. The fourth-order valence-electron chi connectivity index (χ4n) is 1.80. The van der Waals surface area contributed by atoms with Gasteiger partial charge >= 0.3 is 0 Å². The van der Waals surface area contributed by atoms with Crippen molar-refractivity contribution in [1.29, 1.82) is 0 Å². The summed E-state index contributed by atoms with van der Waals surface area (Å²) < 4.78 is 39.0. The van der Waals surface area contributed by atoms with E-state index in [2.05, 4.69) is 0 Å². The van der Waals surface area contributed by atoms with E-state index in [0.29, 0.717) is 0 Å². The summed E-state index contributed by atoms with van der Waals surface area (Å²) in [5, 5.41) is 0. The third-order valence-electron chi connectivity index (χ3n) is 3.38. The van der Waals surface area contributed by atoms with Crippen LogP contribution in [0.4, 0.5) is 13.2 Å². The van der Waals surface area contributed by atoms with Crippen molar-refractivity contribution in [2.45, 2.75) is 32.9 Å². The Morgan fingerprint density at radius 1 is 1.29 bits per heavy atom. The van der Waals surface area contributed by atoms with Gasteiger partial charge in [0.05, 0.1) is 6.04 Å². The first-order valence-corrected chi connectivity index (χ1v) is 6.41. The maximum absolute atomic E-state index is 13.1. The van der Waals surface area contributed by atoms with Gasteiger partial charge in [0.2, 0.25) is 5.91 Å². The van der Waals surface area contributed by atoms with Crippen LogP contribution in [0.5, 0.6) is 0 Å². The number of halogens is 4. The molecule has 0 spiro atoms. The highest BCUT2D eigenvalue weighted by Gasteiger charge is 2.23. The van der Waals surface area contributed by atoms with Crippen molar-refractivity contribution < 1.29 is 18.0 Å². The molecule has 2 atom stereocenters. The van der Waals surface area contributed by atoms with Gasteiger partial charge in [0.25, 0.3) is 0 Å². The van der Waals surface area contributed by atoms with Crippen LogP contribution in [0.25, 0.3) is 0 Å². The number of amides is 1. The summed E-state index contributed by atoms with van der Waals surface area (Å²) in [7, 11) is 1.49. The molecule has 21 heavy (non-hydrogen) atoms. The van der Waals surface area contributed by atoms with Gasteiger partial charge in [0.15, 0.2) is 17.5 Å². The molecule has 0 aliphatic carbocycles. The monoisotopic (exact) mass is 324 g/mol. The second-order valence-electron chi connectivity index (χ2n) is 4.98. The second-order valence-corrected chi connectivity index (χ2v) is 4.98. The number of carbonyl (C=O) groups is 1. The van der Waals surface area contributed by atoms with Crippen molar-refractivity contribution in [3.05, 3.63) is 35.1 Å². The summed E-state index contributed by atoms with van der Waals surface area (Å²) in [5.74, 6) is -4.37. The molecular formula is C14H20ClF3N2O. The Morgan fingerprint density at radius 3 is 2.19 bits per heavy atom. The molecule has 2 unspecified atom stereocenters. The summed E-state index contributed by atoms with van der Waals surface area (Å²) >= 11 is 0. The van der Waals surface area contributed by atoms with Gasteiger partial charge in [-0.25, -0.2) is 13.2 Å². The highest BCUT2D eigenvalue weighted by Crippen LogP contribution is 2.16. The fourth-order valence-corrected chi connectivity index (χ4v) is 1.80. The summed E-state index contributed by atoms with van der Waals surface area (Å²) in [4.78, 5) is 13.3. The number of hydrogen-bond acceptors (Lipinski definition) is 2. The van der Waals surface area contributed by atoms with E-state index in [-0.39, 0.29) is 36.3 Å². The van der Waals surface area contributed by atoms with Crippen molar-refractivity contribution >= 4 is 18.3 Å². The Labute approximate surface area is 128 Å². The Morgan fingerprint density at radius 2 is 1.76 bits per heavy atom. The third kappa shape index (κ3) is 4.89. The summed E-state index contributed by atoms with van der Waals surface area (Å²) in [6.07, 6.45) is 0.751. The fraction of sp³-hybridized carbons (Fsp3) is 0.500. The standard InChI is InChI=1S/C14H19F3N2O.ClH/c1-4-8(2)13(18)14(20)19(3)7-9-5-10(15)12(17)11(16)6-9;/h5-6,8,13H,4,7,18H2,1-3H3;1H. The van der Waals surface area contributed by atoms with Gasteiger partial charge in [-0.15, -0.1) is 12.4 Å². The Kier molecular flexibility index (Phi) is 7.74. The van der Waals surface area contributed by atoms with Crippen LogP contribution in [0.15, 0.2) is 12.1 Å². The number of likely N-dealkylation sites (N-methyl/N-ethyl adjacent to an activating group) is 1. The van der Waals surface area contributed by atoms with E-state index in [1.807, 2.05) is 13.8 Å². The largest absolute Gasteiger partial charge is 0.340 e. The van der Waals surface area contributed by atoms with E-state index in [1.165, 1.54) is 11.9 Å². The van der Waals surface area contributed by atoms with Crippen LogP contribution in [0, 0.1) is 23.4 Å². The minimum absolute atomic E-state index is 0. The number of benzene rings is 1. The smallest absolute Gasteiger partial charge is 0.239 e. The lowest BCUT2D eigenvalue weighted by molar-refractivity contribution is -0.132. The van der Waals surface area contributed by atoms with Crippen molar-refractivity contribution in [3.63, 3.8) is 0 Å². The van der Waals surface area contributed by atoms with E-state index in [0.717, 1.165) is 18.6 Å². The minimum atomic E-state index is -1.51. The molecule has 0 heterocycles. The normalized spacial score (nSPS) is 13.3. The highest BCUT2D eigenvalue weighted by atomic mass is 35.5. The lowest BCUT2D eigenvalue weighted by atomic mass is 9.99. The maximum atomic E-state index is 13.1. The first-order valence-electron chi connectivity index (χ1n) is 6.41. The zero-order valence-electron chi connectivity index (χ0n) is 12.2. The molecule has 0 aliphatic rings. The van der Waals surface area contributed by atoms with Crippen LogP contribution in [0.3, 0.4) is 0 Å². The predicted octanol–water partition coefficient (Wildman–Crippen LogP) is 2.86. The van der Waals surface area contributed by atoms with E-state index < -0.39 is 23.5 Å². The van der Waals surface area contributed by atoms with Crippen molar-refractivity contribution in [2.75, 3.05) is 7.05 Å². The molecule has 0 saturated heterocycles. The second kappa shape index (κ2) is 8.24. The number of rotatable bonds is 5. The van der Waals surface area contributed by atoms with E-state index in [1.54, 1.807) is 0 Å². The van der Waals surface area contributed by atoms with Crippen LogP contribution >= 0.6 is 12.4 Å². The van der Waals surface area contributed by atoms with Crippen LogP contribution in [-0.4, -0.2) is 23.9 Å². The number of nitrogens with zero attached hydrogens (tertiary/aromatic N) is 1. The SMILES string of the molecule is CCC(C)C(N)C(=O)N(C)Cc1cc(F)c(F)c(F)c1.Cl. The molecule has 0 radical (unpaired) electrons. The number of carbonyl (C=O) groups excluding carboxylic acids is 1. The van der Waals surface area contributed by atoms with Crippen molar-refractivity contribution in [1.82, 2.24) is 4.90 Å². The molecular weight excluding hydrogens is 305 g/mol. The quantitative estimate of drug-likeness (QED) is 0.847. The van der Waals surface area contributed by atoms with E-state index in [4.69, 9.17) is 5.73 Å². The number of nitrogens with two attached hydrogens (primary N) is 1. The average molecular weight is 325 g/mol. The Hall–Kier alpha value is -1.27. The first-order chi connectivity index (χ1) is 9.27. The summed E-state index contributed by atoms with van der Waals surface area (Å²) in [5.41, 5.74) is 5.99. The first kappa shape index (κ1) is 19.7. The molecule has 1 aromatic carbocycles. The third-order valence-corrected chi connectivity index (χ3v) is 3.38. The van der Waals surface area contributed by atoms with Crippen LogP contribution in [-0.2, 0) is 11.3 Å². The zero-order valence-corrected chi connectivity index (χ0v) is 13.0. The topological polar surface area (TPSA) is 46.3 Å². The molecule has 0 fully saturated rings.